The van der Waals surface area contributed by atoms with Crippen molar-refractivity contribution in [2.24, 2.45) is 7.05 Å². The molecule has 0 spiro atoms. The number of alkyl halides is 6. The van der Waals surface area contributed by atoms with Crippen LogP contribution in [-0.2, 0) is 13.2 Å². The number of nitrogens with one attached hydrogen (secondary N) is 1. The number of nitrogens with zero attached hydrogens (tertiary/aromatic N) is 3. The first-order valence-corrected chi connectivity index (χ1v) is 11.1. The Kier molecular flexibility index (Phi) is 6.74. The maximum Gasteiger partial charge on any atom is 0.416 e. The fourth-order valence-corrected chi connectivity index (χ4v) is 4.30. The van der Waals surface area contributed by atoms with Gasteiger partial charge in [0.05, 0.1) is 22.2 Å². The Labute approximate surface area is 205 Å². The number of halogens is 6. The van der Waals surface area contributed by atoms with Crippen LogP contribution in [0.4, 0.5) is 32.0 Å². The number of benzene rings is 1. The molecule has 0 aliphatic heterocycles. The molecular formula is C24H20F6N4O3. The third-order valence-corrected chi connectivity index (χ3v) is 6.06. The van der Waals surface area contributed by atoms with Crippen LogP contribution in [0.3, 0.4) is 0 Å². The summed E-state index contributed by atoms with van der Waals surface area (Å²) < 4.78 is 85.4. The molecule has 1 aromatic carbocycles. The first-order chi connectivity index (χ1) is 17.3. The average molecular weight is 526 g/mol. The van der Waals surface area contributed by atoms with Crippen LogP contribution in [0.2, 0.25) is 0 Å². The molecule has 1 aliphatic carbocycles. The minimum atomic E-state index is -5.21. The zero-order valence-corrected chi connectivity index (χ0v) is 19.2. The third kappa shape index (κ3) is 5.16. The Morgan fingerprint density at radius 1 is 1.16 bits per heavy atom. The lowest BCUT2D eigenvalue weighted by molar-refractivity contribution is -0.145. The maximum atomic E-state index is 14.4. The van der Waals surface area contributed by atoms with Gasteiger partial charge < -0.3 is 10.4 Å². The number of allylic oxidation sites excluding steroid dienone is 2. The van der Waals surface area contributed by atoms with Gasteiger partial charge in [0.2, 0.25) is 0 Å². The lowest BCUT2D eigenvalue weighted by Crippen LogP contribution is -2.31. The summed E-state index contributed by atoms with van der Waals surface area (Å²) in [6.45, 7) is 0. The van der Waals surface area contributed by atoms with E-state index in [1.54, 1.807) is 6.08 Å². The molecule has 0 saturated heterocycles. The van der Waals surface area contributed by atoms with E-state index in [0.717, 1.165) is 29.7 Å². The second kappa shape index (κ2) is 9.52. The van der Waals surface area contributed by atoms with Crippen LogP contribution < -0.4 is 10.9 Å². The van der Waals surface area contributed by atoms with Gasteiger partial charge in [-0.2, -0.15) is 26.3 Å². The van der Waals surface area contributed by atoms with Gasteiger partial charge in [-0.3, -0.25) is 9.36 Å². The van der Waals surface area contributed by atoms with Gasteiger partial charge in [0.15, 0.2) is 11.7 Å². The summed E-state index contributed by atoms with van der Waals surface area (Å²) in [6, 6.07) is 0.111. The highest BCUT2D eigenvalue weighted by Crippen LogP contribution is 2.41. The fraction of sp³-hybridized carbons (Fsp3) is 0.333. The van der Waals surface area contributed by atoms with Crippen molar-refractivity contribution in [1.29, 1.82) is 0 Å². The molecule has 0 saturated carbocycles. The lowest BCUT2D eigenvalue weighted by Gasteiger charge is -2.26. The van der Waals surface area contributed by atoms with Crippen molar-refractivity contribution in [3.05, 3.63) is 69.5 Å². The molecule has 0 amide bonds. The highest BCUT2D eigenvalue weighted by atomic mass is 19.4. The quantitative estimate of drug-likeness (QED) is 0.413. The molecule has 196 valence electrons. The van der Waals surface area contributed by atoms with Crippen LogP contribution in [-0.4, -0.2) is 31.8 Å². The molecule has 3 aromatic rings. The minimum Gasteiger partial charge on any atom is -0.476 e. The normalized spacial score (nSPS) is 15.4. The Morgan fingerprint density at radius 3 is 2.49 bits per heavy atom. The molecule has 13 heteroatoms. The summed E-state index contributed by atoms with van der Waals surface area (Å²) in [4.78, 5) is 32.4. The molecule has 4 rings (SSSR count). The van der Waals surface area contributed by atoms with Gasteiger partial charge in [-0.15, -0.1) is 0 Å². The summed E-state index contributed by atoms with van der Waals surface area (Å²) in [5.41, 5.74) is -4.66. The van der Waals surface area contributed by atoms with Gasteiger partial charge in [0, 0.05) is 18.8 Å². The first kappa shape index (κ1) is 26.2. The number of carboxylic acids is 1. The number of aromatic carboxylic acids is 1. The monoisotopic (exact) mass is 526 g/mol. The molecule has 0 bridgehead atoms. The van der Waals surface area contributed by atoms with Gasteiger partial charge in [-0.05, 0) is 55.5 Å². The minimum absolute atomic E-state index is 0.0618. The second-order valence-electron chi connectivity index (χ2n) is 8.56. The van der Waals surface area contributed by atoms with Crippen molar-refractivity contribution in [3.8, 4) is 0 Å². The number of carboxylic acid groups (broad SMARTS) is 1. The van der Waals surface area contributed by atoms with Crippen molar-refractivity contribution in [3.63, 3.8) is 0 Å². The summed E-state index contributed by atoms with van der Waals surface area (Å²) in [6.07, 6.45) is -4.64. The van der Waals surface area contributed by atoms with E-state index < -0.39 is 63.3 Å². The molecule has 0 unspecified atom stereocenters. The largest absolute Gasteiger partial charge is 0.476 e. The highest BCUT2D eigenvalue weighted by Gasteiger charge is 2.44. The van der Waals surface area contributed by atoms with Gasteiger partial charge in [-0.25, -0.2) is 14.8 Å². The number of aromatic nitrogens is 3. The van der Waals surface area contributed by atoms with Gasteiger partial charge in [-0.1, -0.05) is 6.08 Å². The van der Waals surface area contributed by atoms with E-state index in [9.17, 15) is 41.0 Å². The Hall–Kier alpha value is -3.90. The van der Waals surface area contributed by atoms with Crippen molar-refractivity contribution in [1.82, 2.24) is 14.5 Å². The van der Waals surface area contributed by atoms with E-state index in [4.69, 9.17) is 0 Å². The topological polar surface area (TPSA) is 97.1 Å². The van der Waals surface area contributed by atoms with Crippen molar-refractivity contribution < 1.29 is 36.2 Å². The number of anilines is 1. The smallest absolute Gasteiger partial charge is 0.416 e. The molecule has 2 heterocycles. The van der Waals surface area contributed by atoms with Gasteiger partial charge in [0.1, 0.15) is 5.82 Å². The summed E-state index contributed by atoms with van der Waals surface area (Å²) in [7, 11) is 1.30. The number of fused-ring (bicyclic) bond motifs is 1. The molecule has 1 atom stereocenters. The standard InChI is InChI=1S/C24H20F6N4O3/c1-34-20(12-6-3-2-4-7-12)33-17-14(10-13(23(25,26)27)11-15(17)21(34)35)19(24(28,29)30)32-16-8-5-9-31-18(16)22(36)37/h5-6,8-11,19,32H,2-4,7H2,1H3,(H,36,37)/t19-/m0/s1. The van der Waals surface area contributed by atoms with E-state index in [2.05, 4.69) is 9.97 Å². The van der Waals surface area contributed by atoms with E-state index in [1.165, 1.54) is 13.1 Å². The van der Waals surface area contributed by atoms with E-state index in [1.807, 2.05) is 5.32 Å². The summed E-state index contributed by atoms with van der Waals surface area (Å²) >= 11 is 0. The van der Waals surface area contributed by atoms with E-state index in [0.29, 0.717) is 24.5 Å². The van der Waals surface area contributed by atoms with Crippen LogP contribution >= 0.6 is 0 Å². The maximum absolute atomic E-state index is 14.4. The third-order valence-electron chi connectivity index (χ3n) is 6.06. The number of hydrogen-bond acceptors (Lipinski definition) is 5. The zero-order valence-electron chi connectivity index (χ0n) is 19.2. The molecule has 1 aliphatic rings. The zero-order chi connectivity index (χ0) is 27.1. The molecule has 0 fully saturated rings. The van der Waals surface area contributed by atoms with E-state index in [-0.39, 0.29) is 11.9 Å². The van der Waals surface area contributed by atoms with Crippen LogP contribution in [0.5, 0.6) is 0 Å². The van der Waals surface area contributed by atoms with Crippen LogP contribution in [0.1, 0.15) is 59.2 Å². The van der Waals surface area contributed by atoms with Crippen molar-refractivity contribution >= 4 is 28.1 Å². The average Bonchev–Trinajstić information content (AvgIpc) is 2.83. The SMILES string of the molecule is Cn1c(C2=CCCCC2)nc2c([C@H](Nc3cccnc3C(=O)O)C(F)(F)F)cc(C(F)(F)F)cc2c1=O. The number of pyridine rings is 1. The summed E-state index contributed by atoms with van der Waals surface area (Å²) in [5, 5.41) is 10.7. The molecule has 37 heavy (non-hydrogen) atoms. The first-order valence-electron chi connectivity index (χ1n) is 11.1. The van der Waals surface area contributed by atoms with Crippen molar-refractivity contribution in [2.75, 3.05) is 5.32 Å². The van der Waals surface area contributed by atoms with E-state index >= 15 is 0 Å². The number of hydrogen-bond donors (Lipinski definition) is 2. The van der Waals surface area contributed by atoms with Crippen LogP contribution in [0, 0.1) is 0 Å². The van der Waals surface area contributed by atoms with Crippen LogP contribution in [0.25, 0.3) is 16.5 Å². The second-order valence-corrected chi connectivity index (χ2v) is 8.56. The lowest BCUT2D eigenvalue weighted by atomic mass is 9.96. The Morgan fingerprint density at radius 2 is 1.89 bits per heavy atom. The molecule has 0 radical (unpaired) electrons. The molecule has 2 aromatic heterocycles. The van der Waals surface area contributed by atoms with Gasteiger partial charge in [0.25, 0.3) is 5.56 Å². The Bertz CT molecular complexity index is 1460. The highest BCUT2D eigenvalue weighted by molar-refractivity contribution is 5.92. The van der Waals surface area contributed by atoms with Crippen molar-refractivity contribution in [2.45, 2.75) is 44.1 Å². The molecule has 7 nitrogen and oxygen atoms in total. The predicted molar refractivity (Wildman–Crippen MR) is 122 cm³/mol. The predicted octanol–water partition coefficient (Wildman–Crippen LogP) is 5.72. The van der Waals surface area contributed by atoms with Crippen LogP contribution in [0.15, 0.2) is 41.3 Å². The molecule has 2 N–H and O–H groups in total. The molecular weight excluding hydrogens is 506 g/mol. The van der Waals surface area contributed by atoms with Gasteiger partial charge >= 0.3 is 18.3 Å². The Balaban J connectivity index is 2.04. The summed E-state index contributed by atoms with van der Waals surface area (Å²) in [5.74, 6) is -1.58. The number of carbonyl (C=O) groups is 1. The number of rotatable bonds is 5. The fourth-order valence-electron chi connectivity index (χ4n) is 4.30.